The van der Waals surface area contributed by atoms with Crippen molar-refractivity contribution in [1.29, 1.82) is 0 Å². The number of carboxylic acid groups (broad SMARTS) is 2. The summed E-state index contributed by atoms with van der Waals surface area (Å²) >= 11 is 0. The molecule has 0 spiro atoms. The van der Waals surface area contributed by atoms with E-state index in [2.05, 4.69) is 74.1 Å². The number of hydrogen-bond acceptors (Lipinski definition) is 24. The lowest BCUT2D eigenvalue weighted by Gasteiger charge is -2.31. The van der Waals surface area contributed by atoms with Gasteiger partial charge in [-0.15, -0.1) is 0 Å². The minimum atomic E-state index is -2.14. The van der Waals surface area contributed by atoms with Crippen LogP contribution in [0.2, 0.25) is 0 Å². The summed E-state index contributed by atoms with van der Waals surface area (Å²) in [6, 6.07) is -1.46. The zero-order valence-electron chi connectivity index (χ0n) is 74.2. The van der Waals surface area contributed by atoms with Gasteiger partial charge in [-0.3, -0.25) is 95.9 Å². The third kappa shape index (κ3) is 30.6. The van der Waals surface area contributed by atoms with Crippen LogP contribution in [0.25, 0.3) is 44.3 Å². The summed E-state index contributed by atoms with van der Waals surface area (Å²) in [7, 11) is 0. The molecule has 3 aromatic carbocycles. The smallest absolute Gasteiger partial charge is 0.305 e. The van der Waals surface area contributed by atoms with E-state index in [-0.39, 0.29) is 73.3 Å². The highest BCUT2D eigenvalue weighted by Gasteiger charge is 2.41. The molecule has 1 aliphatic carbocycles. The van der Waals surface area contributed by atoms with Crippen molar-refractivity contribution in [2.75, 3.05) is 32.8 Å². The summed E-state index contributed by atoms with van der Waals surface area (Å²) in [4.78, 5) is 286. The van der Waals surface area contributed by atoms with Crippen LogP contribution in [0.4, 0.5) is 0 Å². The van der Waals surface area contributed by atoms with Crippen LogP contribution in [0.15, 0.2) is 100 Å². The molecule has 0 radical (unpaired) electrons. The van der Waals surface area contributed by atoms with Crippen molar-refractivity contribution in [3.63, 3.8) is 0 Å². The molecule has 2 aliphatic heterocycles. The number of primary amides is 3. The van der Waals surface area contributed by atoms with E-state index in [1.54, 1.807) is 71.0 Å². The van der Waals surface area contributed by atoms with Crippen LogP contribution in [0.3, 0.4) is 0 Å². The lowest BCUT2D eigenvalue weighted by Crippen LogP contribution is -2.62. The third-order valence-corrected chi connectivity index (χ3v) is 21.7. The van der Waals surface area contributed by atoms with Gasteiger partial charge < -0.3 is 127 Å². The van der Waals surface area contributed by atoms with Crippen LogP contribution in [0, 0.1) is 23.7 Å². The van der Waals surface area contributed by atoms with Crippen LogP contribution in [-0.2, 0) is 92.7 Å². The van der Waals surface area contributed by atoms with Crippen molar-refractivity contribution < 1.29 is 116 Å². The Morgan fingerprint density at radius 1 is 0.523 bits per heavy atom. The van der Waals surface area contributed by atoms with Crippen LogP contribution in [0.1, 0.15) is 148 Å². The molecule has 132 heavy (non-hydrogen) atoms. The molecule has 13 atom stereocenters. The summed E-state index contributed by atoms with van der Waals surface area (Å²) in [5, 5.41) is 74.2. The van der Waals surface area contributed by atoms with Crippen molar-refractivity contribution >= 4 is 134 Å². The lowest BCUT2D eigenvalue weighted by molar-refractivity contribution is -0.143. The van der Waals surface area contributed by atoms with E-state index < -0.39 is 285 Å². The molecule has 3 aliphatic rings. The van der Waals surface area contributed by atoms with Gasteiger partial charge in [0.15, 0.2) is 5.43 Å². The molecule has 714 valence electrons. The number of fused-ring (bicyclic) bond motifs is 3. The first-order chi connectivity index (χ1) is 62.4. The third-order valence-electron chi connectivity index (χ3n) is 21.7. The fraction of sp³-hybridized carbons (Fsp3) is 0.477. The highest BCUT2D eigenvalue weighted by molar-refractivity contribution is 6.11. The van der Waals surface area contributed by atoms with Gasteiger partial charge in [0.1, 0.15) is 89.6 Å². The molecule has 0 bridgehead atoms. The standard InChI is InChI=1S/C88H117N19O25/c1-9-45(8)75-87(130)103-62(37-71(115)116)84(127)101-60(35-67(90)111)82(125)98-58(31-43(4)5)80(123)102-63(38-72(117)118)85(128)105-74(44(6)7)88(131)107(40-69(92)113)29-28-93-77(120)56(96-76(119)51-18-11-10-17-50(51)73-52-23-21-47(109)33-65(52)132-66-34-48(110)22-24-53(66)73)25-26-70(114)95-59(32-46-39-94-54-19-13-12-16-49(46)54)81(124)100-61(36-68(91)112)83(126)104-64(41-108)86(129)99-57(30-42(2)3)79(122)97-55(78(121)106-75)20-14-15-27-89/h10-13,16-19,21-24,33-34,39,42-45,55-64,74-75,94,108-109H,9,14-15,20,25-32,35-38,40-41,89H2,1-8H3,(H2,90,111)(H2,91,112)(H2,92,113)(H,93,120)(H,95,114)(H,96,119)(H,97,122)(H,98,125)(H,99,129)(H,100,124)(H,101,127)(H,102,123)(H,103,130)(H,104,126)(H,105,128)(H,106,121)(H,115,116)(H,117,118)/t45-,55-,56?,57-,58-,59-,60-,61-,62-,63-,64-,74-,75-/m0/s1. The number of para-hydroxylation sites is 1. The first kappa shape index (κ1) is 105. The zero-order valence-corrected chi connectivity index (χ0v) is 74.2. The molecule has 17 amide bonds. The second-order valence-electron chi connectivity index (χ2n) is 33.5. The van der Waals surface area contributed by atoms with Crippen molar-refractivity contribution in [2.24, 2.45) is 46.6 Å². The van der Waals surface area contributed by atoms with Crippen molar-refractivity contribution in [3.8, 4) is 28.2 Å². The largest absolute Gasteiger partial charge is 0.508 e. The van der Waals surface area contributed by atoms with E-state index in [4.69, 9.17) is 27.4 Å². The van der Waals surface area contributed by atoms with E-state index in [9.17, 15) is 102 Å². The summed E-state index contributed by atoms with van der Waals surface area (Å²) in [6.45, 7) is 9.07. The molecule has 1 saturated heterocycles. The molecule has 44 heteroatoms. The number of nitrogens with zero attached hydrogens (tertiary/aromatic N) is 1. The number of phenols is 1. The number of aliphatic hydroxyl groups is 1. The molecule has 3 heterocycles. The first-order valence-corrected chi connectivity index (χ1v) is 43.0. The predicted molar refractivity (Wildman–Crippen MR) is 474 cm³/mol. The predicted octanol–water partition coefficient (Wildman–Crippen LogP) is -2.73. The number of aliphatic carboxylic acids is 2. The van der Waals surface area contributed by atoms with E-state index in [1.807, 2.05) is 0 Å². The van der Waals surface area contributed by atoms with Gasteiger partial charge >= 0.3 is 11.9 Å². The Morgan fingerprint density at radius 3 is 1.58 bits per heavy atom. The number of phenolic OH excluding ortho intramolecular Hbond substituents is 1. The van der Waals surface area contributed by atoms with Crippen molar-refractivity contribution in [2.45, 2.75) is 211 Å². The second-order valence-corrected chi connectivity index (χ2v) is 33.5. The Balaban J connectivity index is 1.33. The fourth-order valence-corrected chi connectivity index (χ4v) is 14.8. The van der Waals surface area contributed by atoms with Gasteiger partial charge in [-0.25, -0.2) is 0 Å². The van der Waals surface area contributed by atoms with Gasteiger partial charge in [0, 0.05) is 77.2 Å². The fourth-order valence-electron chi connectivity index (χ4n) is 14.8. The number of nitrogens with one attached hydrogen (secondary N) is 14. The number of carbonyl (C=O) groups excluding carboxylic acids is 17. The number of rotatable bonds is 27. The molecule has 1 aromatic heterocycles. The maximum absolute atomic E-state index is 15.2. The van der Waals surface area contributed by atoms with E-state index >= 15 is 14.4 Å². The molecular weight excluding hydrogens is 1720 g/mol. The molecule has 1 unspecified atom stereocenters. The molecule has 4 aromatic rings. The quantitative estimate of drug-likeness (QED) is 0.0184. The summed E-state index contributed by atoms with van der Waals surface area (Å²) in [5.41, 5.74) is 24.0. The maximum Gasteiger partial charge on any atom is 0.305 e. The number of carboxylic acids is 2. The van der Waals surface area contributed by atoms with E-state index in [1.165, 1.54) is 75.5 Å². The highest BCUT2D eigenvalue weighted by atomic mass is 16.4. The minimum absolute atomic E-state index is 0.0445. The zero-order chi connectivity index (χ0) is 97.7. The first-order valence-electron chi connectivity index (χ1n) is 43.0. The molecule has 0 saturated carbocycles. The lowest BCUT2D eigenvalue weighted by atomic mass is 9.90. The number of H-pyrrole nitrogens is 1. The molecule has 7 rings (SSSR count). The highest BCUT2D eigenvalue weighted by Crippen LogP contribution is 2.42. The normalized spacial score (nSPS) is 22.3. The van der Waals surface area contributed by atoms with Gasteiger partial charge in [0.25, 0.3) is 5.91 Å². The number of nitrogens with two attached hydrogens (primary N) is 4. The summed E-state index contributed by atoms with van der Waals surface area (Å²) < 4.78 is 6.06. The maximum atomic E-state index is 15.2. The molecule has 26 N–H and O–H groups in total. The average Bonchev–Trinajstić information content (AvgIpc) is 1.56. The topological polar surface area (TPSA) is 715 Å². The number of aliphatic hydroxyl groups excluding tert-OH is 1. The van der Waals surface area contributed by atoms with Gasteiger partial charge in [-0.1, -0.05) is 98.2 Å². The van der Waals surface area contributed by atoms with Crippen LogP contribution < -0.4 is 97.5 Å². The minimum Gasteiger partial charge on any atom is -0.508 e. The Kier molecular flexibility index (Phi) is 39.1. The van der Waals surface area contributed by atoms with E-state index in [0.717, 1.165) is 4.90 Å². The SMILES string of the molecule is CC[C@H](C)[C@@H]1NC(=O)[C@H](CCCCN)NC(=O)[C@H](CC(C)C)NC(=O)[C@H](CO)NC(=O)[C@H](CC(N)=O)NC(=O)[C@H](Cc2c[nH]c3ccccc23)NC(=O)CCC(NC(=O)c2ccccc2-c2c3ccc(=O)cc-3oc3cc(O)ccc23)C(=O)NCCN(CC(N)=O)C(=O)[C@H](C(C)C)NC(=O)[C@H](CC(=O)O)NC(=O)[C@H](CC(C)C)NC(=O)[C@H](CC(N)=O)NC(=O)[C@H](CC(=O)O)NC1=O. The van der Waals surface area contributed by atoms with Gasteiger partial charge in [-0.2, -0.15) is 0 Å². The summed E-state index contributed by atoms with van der Waals surface area (Å²) in [5.74, 6) is -26.6. The van der Waals surface area contributed by atoms with Crippen LogP contribution in [0.5, 0.6) is 5.75 Å². The van der Waals surface area contributed by atoms with E-state index in [0.29, 0.717) is 33.0 Å². The van der Waals surface area contributed by atoms with Crippen molar-refractivity contribution in [3.05, 3.63) is 112 Å². The Labute approximate surface area is 757 Å². The van der Waals surface area contributed by atoms with Gasteiger partial charge in [0.05, 0.1) is 38.8 Å². The number of carbonyl (C=O) groups is 19. The number of aromatic hydroxyl groups is 1. The number of aromatic nitrogens is 1. The molecule has 44 nitrogen and oxygen atoms in total. The Hall–Kier alpha value is -14.5. The monoisotopic (exact) mass is 1840 g/mol. The van der Waals surface area contributed by atoms with Crippen LogP contribution in [-0.4, -0.2) is 248 Å². The van der Waals surface area contributed by atoms with Crippen LogP contribution >= 0.6 is 0 Å². The van der Waals surface area contributed by atoms with Crippen molar-refractivity contribution in [1.82, 2.24) is 79.0 Å². The molecule has 1 fully saturated rings. The number of unbranched alkanes of at least 4 members (excludes halogenated alkanes) is 1. The molecular formula is C88H117N19O25. The van der Waals surface area contributed by atoms with Gasteiger partial charge in [0.2, 0.25) is 94.5 Å². The Bertz CT molecular complexity index is 5280. The number of aromatic amines is 1. The second kappa shape index (κ2) is 49.4. The number of hydrogen-bond donors (Lipinski definition) is 22. The van der Waals surface area contributed by atoms with Gasteiger partial charge in [-0.05, 0) is 116 Å². The average molecular weight is 1840 g/mol. The summed E-state index contributed by atoms with van der Waals surface area (Å²) in [6.07, 6.45) is -4.95. The number of amides is 17. The Morgan fingerprint density at radius 2 is 1.03 bits per heavy atom. The number of benzene rings is 4.